The maximum atomic E-state index is 14.2. The first-order valence-electron chi connectivity index (χ1n) is 8.81. The number of nitriles is 1. The maximum absolute atomic E-state index is 14.2. The SMILES string of the molecule is N#Cc1cnc(NC(=O)CN2C[C@]3(C[C@@H]3F)c3cc(C(F)(F)F)ccc3C2=O)nc1. The van der Waals surface area contributed by atoms with Crippen LogP contribution >= 0.6 is 0 Å². The predicted molar refractivity (Wildman–Crippen MR) is 93.9 cm³/mol. The number of nitrogens with one attached hydrogen (secondary N) is 1. The number of alkyl halides is 4. The lowest BCUT2D eigenvalue weighted by molar-refractivity contribution is -0.137. The Hall–Kier alpha value is -3.55. The average molecular weight is 419 g/mol. The molecule has 1 spiro atoms. The lowest BCUT2D eigenvalue weighted by atomic mass is 9.85. The molecule has 2 heterocycles. The van der Waals surface area contributed by atoms with Gasteiger partial charge >= 0.3 is 6.18 Å². The fourth-order valence-electron chi connectivity index (χ4n) is 3.61. The Bertz CT molecular complexity index is 1080. The number of amides is 2. The molecule has 154 valence electrons. The minimum Gasteiger partial charge on any atom is -0.328 e. The molecule has 2 aromatic rings. The lowest BCUT2D eigenvalue weighted by Crippen LogP contribution is -2.47. The van der Waals surface area contributed by atoms with Crippen molar-refractivity contribution in [1.82, 2.24) is 14.9 Å². The van der Waals surface area contributed by atoms with Crippen molar-refractivity contribution in [3.63, 3.8) is 0 Å². The zero-order valence-corrected chi connectivity index (χ0v) is 15.2. The molecule has 2 amide bonds. The van der Waals surface area contributed by atoms with E-state index in [4.69, 9.17) is 5.26 Å². The Balaban J connectivity index is 1.56. The number of carbonyl (C=O) groups is 2. The molecule has 11 heteroatoms. The molecular formula is C19H13F4N5O2. The molecule has 7 nitrogen and oxygen atoms in total. The predicted octanol–water partition coefficient (Wildman–Crippen LogP) is 2.44. The largest absolute Gasteiger partial charge is 0.416 e. The van der Waals surface area contributed by atoms with Crippen molar-refractivity contribution in [3.05, 3.63) is 52.8 Å². The standard InChI is InChI=1S/C19H13F4N5O2/c20-14-4-18(14)9-28(8-15(29)27-17-25-6-10(5-24)7-26-17)16(30)12-2-1-11(3-13(12)18)19(21,22)23/h1-3,6-7,14H,4,8-9H2,(H,25,26,27,29)/t14-,18+/m0/s1. The summed E-state index contributed by atoms with van der Waals surface area (Å²) >= 11 is 0. The molecule has 1 aliphatic heterocycles. The molecule has 1 saturated carbocycles. The highest BCUT2D eigenvalue weighted by Crippen LogP contribution is 2.55. The van der Waals surface area contributed by atoms with Crippen LogP contribution in [-0.4, -0.2) is 45.9 Å². The van der Waals surface area contributed by atoms with Gasteiger partial charge in [0.15, 0.2) is 0 Å². The van der Waals surface area contributed by atoms with E-state index in [0.29, 0.717) is 0 Å². The van der Waals surface area contributed by atoms with Crippen LogP contribution in [0.5, 0.6) is 0 Å². The van der Waals surface area contributed by atoms with Crippen molar-refractivity contribution < 1.29 is 27.2 Å². The molecule has 1 fully saturated rings. The van der Waals surface area contributed by atoms with Gasteiger partial charge in [-0.2, -0.15) is 18.4 Å². The highest BCUT2D eigenvalue weighted by molar-refractivity contribution is 6.01. The zero-order chi connectivity index (χ0) is 21.7. The summed E-state index contributed by atoms with van der Waals surface area (Å²) in [5.74, 6) is -1.39. The summed E-state index contributed by atoms with van der Waals surface area (Å²) in [5, 5.41) is 11.1. The molecule has 0 unspecified atom stereocenters. The first-order valence-corrected chi connectivity index (χ1v) is 8.81. The minimum atomic E-state index is -4.61. The molecule has 2 aliphatic rings. The van der Waals surface area contributed by atoms with Gasteiger partial charge in [0.25, 0.3) is 5.91 Å². The third-order valence-corrected chi connectivity index (χ3v) is 5.22. The average Bonchev–Trinajstić information content (AvgIpc) is 3.35. The number of hydrogen-bond acceptors (Lipinski definition) is 5. The Morgan fingerprint density at radius 1 is 1.33 bits per heavy atom. The highest BCUT2D eigenvalue weighted by Gasteiger charge is 2.61. The van der Waals surface area contributed by atoms with E-state index in [0.717, 1.165) is 23.1 Å². The van der Waals surface area contributed by atoms with Gasteiger partial charge in [0.1, 0.15) is 18.8 Å². The topological polar surface area (TPSA) is 99.0 Å². The summed E-state index contributed by atoms with van der Waals surface area (Å²) < 4.78 is 53.4. The van der Waals surface area contributed by atoms with Gasteiger partial charge < -0.3 is 4.90 Å². The molecule has 1 aromatic carbocycles. The van der Waals surface area contributed by atoms with Crippen LogP contribution in [-0.2, 0) is 16.4 Å². The van der Waals surface area contributed by atoms with Crippen LogP contribution in [0.15, 0.2) is 30.6 Å². The van der Waals surface area contributed by atoms with E-state index >= 15 is 0 Å². The molecular weight excluding hydrogens is 406 g/mol. The van der Waals surface area contributed by atoms with E-state index in [1.807, 2.05) is 6.07 Å². The van der Waals surface area contributed by atoms with E-state index in [1.54, 1.807) is 0 Å². The Morgan fingerprint density at radius 3 is 2.57 bits per heavy atom. The van der Waals surface area contributed by atoms with Crippen LogP contribution in [0, 0.1) is 11.3 Å². The Kier molecular flexibility index (Phi) is 4.45. The molecule has 1 N–H and O–H groups in total. The van der Waals surface area contributed by atoms with Crippen LogP contribution in [0.2, 0.25) is 0 Å². The number of anilines is 1. The van der Waals surface area contributed by atoms with Crippen LogP contribution in [0.4, 0.5) is 23.5 Å². The highest BCUT2D eigenvalue weighted by atomic mass is 19.4. The third-order valence-electron chi connectivity index (χ3n) is 5.22. The second-order valence-corrected chi connectivity index (χ2v) is 7.20. The van der Waals surface area contributed by atoms with Crippen molar-refractivity contribution in [2.75, 3.05) is 18.4 Å². The summed E-state index contributed by atoms with van der Waals surface area (Å²) in [5.41, 5.74) is -2.01. The number of carbonyl (C=O) groups excluding carboxylic acids is 2. The second kappa shape index (κ2) is 6.76. The van der Waals surface area contributed by atoms with E-state index in [2.05, 4.69) is 15.3 Å². The van der Waals surface area contributed by atoms with E-state index < -0.39 is 41.7 Å². The van der Waals surface area contributed by atoms with Gasteiger partial charge in [-0.25, -0.2) is 14.4 Å². The van der Waals surface area contributed by atoms with E-state index in [-0.39, 0.29) is 35.6 Å². The van der Waals surface area contributed by atoms with Gasteiger partial charge in [-0.05, 0) is 30.2 Å². The van der Waals surface area contributed by atoms with Gasteiger partial charge in [0.05, 0.1) is 23.5 Å². The Morgan fingerprint density at radius 2 is 2.00 bits per heavy atom. The monoisotopic (exact) mass is 419 g/mol. The smallest absolute Gasteiger partial charge is 0.328 e. The van der Waals surface area contributed by atoms with E-state index in [9.17, 15) is 27.2 Å². The number of hydrogen-bond donors (Lipinski definition) is 1. The number of fused-ring (bicyclic) bond motifs is 2. The molecule has 0 bridgehead atoms. The third kappa shape index (κ3) is 3.34. The zero-order valence-electron chi connectivity index (χ0n) is 15.2. The van der Waals surface area contributed by atoms with Crippen LogP contribution < -0.4 is 5.32 Å². The molecule has 1 aliphatic carbocycles. The number of halogens is 4. The van der Waals surface area contributed by atoms with Crippen molar-refractivity contribution in [2.24, 2.45) is 0 Å². The van der Waals surface area contributed by atoms with Gasteiger partial charge in [-0.3, -0.25) is 14.9 Å². The Labute approximate surface area is 167 Å². The van der Waals surface area contributed by atoms with Gasteiger partial charge in [0, 0.05) is 17.5 Å². The van der Waals surface area contributed by atoms with Gasteiger partial charge in [-0.15, -0.1) is 0 Å². The normalized spacial score (nSPS) is 22.4. The molecule has 0 saturated heterocycles. The second-order valence-electron chi connectivity index (χ2n) is 7.20. The summed E-state index contributed by atoms with van der Waals surface area (Å²) in [6.07, 6.45) is -3.63. The molecule has 0 radical (unpaired) electrons. The number of benzene rings is 1. The van der Waals surface area contributed by atoms with Crippen molar-refractivity contribution in [1.29, 1.82) is 5.26 Å². The first-order chi connectivity index (χ1) is 14.1. The maximum Gasteiger partial charge on any atom is 0.416 e. The van der Waals surface area contributed by atoms with Crippen LogP contribution in [0.25, 0.3) is 0 Å². The number of rotatable bonds is 3. The van der Waals surface area contributed by atoms with Crippen molar-refractivity contribution in [2.45, 2.75) is 24.2 Å². The van der Waals surface area contributed by atoms with Crippen molar-refractivity contribution >= 4 is 17.8 Å². The molecule has 4 rings (SSSR count). The minimum absolute atomic E-state index is 0.0224. The first kappa shape index (κ1) is 19.8. The summed E-state index contributed by atoms with van der Waals surface area (Å²) in [7, 11) is 0. The van der Waals surface area contributed by atoms with Gasteiger partial charge in [0.2, 0.25) is 11.9 Å². The van der Waals surface area contributed by atoms with Crippen LogP contribution in [0.3, 0.4) is 0 Å². The fraction of sp³-hybridized carbons (Fsp3) is 0.316. The quantitative estimate of drug-likeness (QED) is 0.771. The van der Waals surface area contributed by atoms with Crippen LogP contribution in [0.1, 0.15) is 33.5 Å². The molecule has 2 atom stereocenters. The molecule has 1 aromatic heterocycles. The summed E-state index contributed by atoms with van der Waals surface area (Å²) in [6.45, 7) is -0.653. The number of nitrogens with zero attached hydrogens (tertiary/aromatic N) is 4. The number of aromatic nitrogens is 2. The fourth-order valence-corrected chi connectivity index (χ4v) is 3.61. The summed E-state index contributed by atoms with van der Waals surface area (Å²) in [4.78, 5) is 33.7. The van der Waals surface area contributed by atoms with E-state index in [1.165, 1.54) is 12.4 Å². The lowest BCUT2D eigenvalue weighted by Gasteiger charge is -2.34. The molecule has 30 heavy (non-hydrogen) atoms. The summed E-state index contributed by atoms with van der Waals surface area (Å²) in [6, 6.07) is 4.45. The van der Waals surface area contributed by atoms with Crippen molar-refractivity contribution in [3.8, 4) is 6.07 Å². The van der Waals surface area contributed by atoms with Gasteiger partial charge in [-0.1, -0.05) is 0 Å².